The molecule has 2 aromatic carbocycles. The maximum absolute atomic E-state index is 13.4. The summed E-state index contributed by atoms with van der Waals surface area (Å²) in [6.45, 7) is 7.69. The van der Waals surface area contributed by atoms with Crippen LogP contribution in [0.3, 0.4) is 0 Å². The van der Waals surface area contributed by atoms with Crippen molar-refractivity contribution in [1.82, 2.24) is 9.80 Å². The number of benzene rings is 2. The summed E-state index contributed by atoms with van der Waals surface area (Å²) >= 11 is 0. The number of nitrogens with zero attached hydrogens (tertiary/aromatic N) is 2. The SMILES string of the molecule is CCN(CC)CCN1C(=O)C(=O)/C(=C(/O)c2c(OC)cccc2OC)C1c1cccc(OC(C)=O)c1. The fraction of sp³-hybridized carbons (Fsp3) is 0.370. The van der Waals surface area contributed by atoms with E-state index < -0.39 is 29.5 Å². The molecule has 1 amide bonds. The van der Waals surface area contributed by atoms with E-state index in [9.17, 15) is 19.5 Å². The number of likely N-dealkylation sites (N-methyl/N-ethyl adjacent to an activating group) is 1. The van der Waals surface area contributed by atoms with Crippen LogP contribution in [0.5, 0.6) is 17.2 Å². The first kappa shape index (κ1) is 26.7. The number of carbonyl (C=O) groups is 3. The molecule has 0 saturated carbocycles. The molecule has 1 N–H and O–H groups in total. The number of methoxy groups -OCH3 is 2. The van der Waals surface area contributed by atoms with Gasteiger partial charge in [-0.3, -0.25) is 14.4 Å². The summed E-state index contributed by atoms with van der Waals surface area (Å²) in [5.41, 5.74) is 0.593. The fourth-order valence-corrected chi connectivity index (χ4v) is 4.38. The molecule has 0 aliphatic carbocycles. The van der Waals surface area contributed by atoms with E-state index in [4.69, 9.17) is 14.2 Å². The highest BCUT2D eigenvalue weighted by atomic mass is 16.5. The van der Waals surface area contributed by atoms with Crippen molar-refractivity contribution >= 4 is 23.4 Å². The smallest absolute Gasteiger partial charge is 0.308 e. The topological polar surface area (TPSA) is 106 Å². The van der Waals surface area contributed by atoms with Gasteiger partial charge in [0.15, 0.2) is 0 Å². The van der Waals surface area contributed by atoms with Crippen molar-refractivity contribution in [3.63, 3.8) is 0 Å². The summed E-state index contributed by atoms with van der Waals surface area (Å²) < 4.78 is 16.1. The number of hydrogen-bond acceptors (Lipinski definition) is 8. The molecule has 0 radical (unpaired) electrons. The van der Waals surface area contributed by atoms with Crippen LogP contribution in [0.25, 0.3) is 5.76 Å². The summed E-state index contributed by atoms with van der Waals surface area (Å²) in [5, 5.41) is 11.5. The minimum absolute atomic E-state index is 0.0951. The third-order valence-corrected chi connectivity index (χ3v) is 6.19. The number of likely N-dealkylation sites (tertiary alicyclic amines) is 1. The number of amides is 1. The van der Waals surface area contributed by atoms with Crippen LogP contribution in [0.1, 0.15) is 37.9 Å². The van der Waals surface area contributed by atoms with Gasteiger partial charge in [-0.15, -0.1) is 0 Å². The number of esters is 1. The van der Waals surface area contributed by atoms with Gasteiger partial charge in [0.25, 0.3) is 11.7 Å². The third-order valence-electron chi connectivity index (χ3n) is 6.19. The molecule has 1 fully saturated rings. The number of Topliss-reactive ketones (excluding diaryl/α,β-unsaturated/α-hetero) is 1. The zero-order chi connectivity index (χ0) is 26.4. The molecule has 1 saturated heterocycles. The van der Waals surface area contributed by atoms with Crippen LogP contribution in [0.2, 0.25) is 0 Å². The van der Waals surface area contributed by atoms with Crippen LogP contribution in [0.15, 0.2) is 48.0 Å². The lowest BCUT2D eigenvalue weighted by molar-refractivity contribution is -0.140. The van der Waals surface area contributed by atoms with E-state index in [1.54, 1.807) is 42.5 Å². The Morgan fingerprint density at radius 3 is 2.19 bits per heavy atom. The molecular formula is C27H32N2O7. The van der Waals surface area contributed by atoms with Gasteiger partial charge in [-0.05, 0) is 42.9 Å². The number of rotatable bonds is 10. The minimum Gasteiger partial charge on any atom is -0.506 e. The molecule has 1 aliphatic rings. The van der Waals surface area contributed by atoms with E-state index in [0.717, 1.165) is 13.1 Å². The Balaban J connectivity index is 2.22. The molecular weight excluding hydrogens is 464 g/mol. The van der Waals surface area contributed by atoms with Gasteiger partial charge >= 0.3 is 5.97 Å². The first-order chi connectivity index (χ1) is 17.3. The predicted molar refractivity (Wildman–Crippen MR) is 134 cm³/mol. The monoisotopic (exact) mass is 496 g/mol. The number of aliphatic hydroxyl groups is 1. The number of ether oxygens (including phenoxy) is 3. The van der Waals surface area contributed by atoms with Gasteiger partial charge in [-0.2, -0.15) is 0 Å². The summed E-state index contributed by atoms with van der Waals surface area (Å²) in [5.74, 6) is -1.60. The highest BCUT2D eigenvalue weighted by Gasteiger charge is 2.46. The van der Waals surface area contributed by atoms with Gasteiger partial charge < -0.3 is 29.1 Å². The molecule has 1 heterocycles. The lowest BCUT2D eigenvalue weighted by atomic mass is 9.94. The van der Waals surface area contributed by atoms with Gasteiger partial charge in [0, 0.05) is 20.0 Å². The second kappa shape index (κ2) is 11.7. The summed E-state index contributed by atoms with van der Waals surface area (Å²) in [6, 6.07) is 10.6. The number of carbonyl (C=O) groups excluding carboxylic acids is 3. The molecule has 1 unspecified atom stereocenters. The van der Waals surface area contributed by atoms with Gasteiger partial charge in [0.1, 0.15) is 28.6 Å². The van der Waals surface area contributed by atoms with Crippen molar-refractivity contribution in [2.75, 3.05) is 40.4 Å². The Morgan fingerprint density at radius 1 is 1.03 bits per heavy atom. The van der Waals surface area contributed by atoms with Crippen molar-refractivity contribution in [2.45, 2.75) is 26.8 Å². The Labute approximate surface area is 210 Å². The molecule has 36 heavy (non-hydrogen) atoms. The van der Waals surface area contributed by atoms with Crippen LogP contribution in [0.4, 0.5) is 0 Å². The van der Waals surface area contributed by atoms with Gasteiger partial charge in [0.05, 0.1) is 25.8 Å². The number of hydrogen-bond donors (Lipinski definition) is 1. The zero-order valence-corrected chi connectivity index (χ0v) is 21.2. The molecule has 9 nitrogen and oxygen atoms in total. The highest BCUT2D eigenvalue weighted by molar-refractivity contribution is 6.46. The van der Waals surface area contributed by atoms with Crippen LogP contribution in [0, 0.1) is 0 Å². The maximum Gasteiger partial charge on any atom is 0.308 e. The Bertz CT molecular complexity index is 1150. The predicted octanol–water partition coefficient (Wildman–Crippen LogP) is 3.39. The second-order valence-corrected chi connectivity index (χ2v) is 8.22. The van der Waals surface area contributed by atoms with Crippen LogP contribution in [-0.4, -0.2) is 73.0 Å². The lowest BCUT2D eigenvalue weighted by Gasteiger charge is -2.28. The molecule has 9 heteroatoms. The van der Waals surface area contributed by atoms with E-state index in [2.05, 4.69) is 4.90 Å². The molecule has 0 aromatic heterocycles. The van der Waals surface area contributed by atoms with Crippen LogP contribution in [-0.2, 0) is 14.4 Å². The largest absolute Gasteiger partial charge is 0.506 e. The first-order valence-corrected chi connectivity index (χ1v) is 11.8. The van der Waals surface area contributed by atoms with E-state index in [0.29, 0.717) is 12.1 Å². The van der Waals surface area contributed by atoms with Gasteiger partial charge in [-0.1, -0.05) is 32.0 Å². The Kier molecular flexibility index (Phi) is 8.71. The van der Waals surface area contributed by atoms with E-state index >= 15 is 0 Å². The van der Waals surface area contributed by atoms with Crippen molar-refractivity contribution in [1.29, 1.82) is 0 Å². The normalized spacial score (nSPS) is 16.9. The lowest BCUT2D eigenvalue weighted by Crippen LogP contribution is -2.38. The van der Waals surface area contributed by atoms with Crippen LogP contribution < -0.4 is 14.2 Å². The zero-order valence-electron chi connectivity index (χ0n) is 21.2. The Hall–Kier alpha value is -3.85. The minimum atomic E-state index is -0.911. The van der Waals surface area contributed by atoms with Crippen molar-refractivity contribution in [3.05, 3.63) is 59.2 Å². The van der Waals surface area contributed by atoms with E-state index in [-0.39, 0.29) is 34.9 Å². The maximum atomic E-state index is 13.4. The third kappa shape index (κ3) is 5.36. The quantitative estimate of drug-likeness (QED) is 0.175. The molecule has 0 spiro atoms. The van der Waals surface area contributed by atoms with E-state index in [1.807, 2.05) is 13.8 Å². The summed E-state index contributed by atoms with van der Waals surface area (Å²) in [4.78, 5) is 41.7. The fourth-order valence-electron chi connectivity index (χ4n) is 4.38. The molecule has 2 aromatic rings. The van der Waals surface area contributed by atoms with Crippen LogP contribution >= 0.6 is 0 Å². The molecule has 192 valence electrons. The summed E-state index contributed by atoms with van der Waals surface area (Å²) in [6.07, 6.45) is 0. The van der Waals surface area contributed by atoms with Gasteiger partial charge in [-0.25, -0.2) is 0 Å². The first-order valence-electron chi connectivity index (χ1n) is 11.8. The van der Waals surface area contributed by atoms with Crippen molar-refractivity contribution < 1.29 is 33.7 Å². The number of ketones is 1. The molecule has 0 bridgehead atoms. The van der Waals surface area contributed by atoms with Crippen molar-refractivity contribution in [3.8, 4) is 17.2 Å². The molecule has 1 aliphatic heterocycles. The number of aliphatic hydroxyl groups excluding tert-OH is 1. The highest BCUT2D eigenvalue weighted by Crippen LogP contribution is 2.43. The van der Waals surface area contributed by atoms with Gasteiger partial charge in [0.2, 0.25) is 0 Å². The average molecular weight is 497 g/mol. The Morgan fingerprint density at radius 2 is 1.64 bits per heavy atom. The average Bonchev–Trinajstić information content (AvgIpc) is 3.13. The molecule has 1 atom stereocenters. The van der Waals surface area contributed by atoms with E-state index in [1.165, 1.54) is 26.0 Å². The standard InChI is InChI=1S/C27H32N2O7/c1-6-28(7-2)14-15-29-24(18-10-8-11-19(16-18)36-17(3)30)23(26(32)27(29)33)25(31)22-20(34-4)12-9-13-21(22)35-5/h8-13,16,24,31H,6-7,14-15H2,1-5H3/b25-23+. The summed E-state index contributed by atoms with van der Waals surface area (Å²) in [7, 11) is 2.88. The molecule has 3 rings (SSSR count). The van der Waals surface area contributed by atoms with Crippen molar-refractivity contribution in [2.24, 2.45) is 0 Å². The second-order valence-electron chi connectivity index (χ2n) is 8.22.